The molecule has 0 fully saturated rings. The number of benzene rings is 2. The van der Waals surface area contributed by atoms with Gasteiger partial charge in [-0.05, 0) is 65.2 Å². The highest BCUT2D eigenvalue weighted by Crippen LogP contribution is 2.33. The highest BCUT2D eigenvalue weighted by atomic mass is 79.9. The van der Waals surface area contributed by atoms with Crippen LogP contribution in [0, 0.1) is 13.8 Å². The Labute approximate surface area is 171 Å². The Balaban J connectivity index is 1.71. The van der Waals surface area contributed by atoms with Crippen molar-refractivity contribution in [2.45, 2.75) is 13.8 Å². The second-order valence-electron chi connectivity index (χ2n) is 5.67. The molecule has 1 heterocycles. The summed E-state index contributed by atoms with van der Waals surface area (Å²) in [5.41, 5.74) is 6.01. The molecule has 4 N–H and O–H groups in total. The van der Waals surface area contributed by atoms with Crippen LogP contribution in [0.25, 0.3) is 10.2 Å². The first-order valence-corrected chi connectivity index (χ1v) is 10.0. The lowest BCUT2D eigenvalue weighted by Crippen LogP contribution is -2.20. The van der Waals surface area contributed by atoms with Crippen molar-refractivity contribution in [2.75, 3.05) is 17.3 Å². The predicted octanol–water partition coefficient (Wildman–Crippen LogP) is 4.74. The van der Waals surface area contributed by atoms with E-state index < -0.39 is 0 Å². The van der Waals surface area contributed by atoms with E-state index in [9.17, 15) is 4.79 Å². The standard InChI is InChI=1S/C17H16Br2N4O2S/c1-8-4-11(6-13-15(8)22-17(23-20)26-13)21-14(24)7-25-16-9(2)3-10(18)5-12(16)19/h3-6H,7,20H2,1-2H3,(H,21,24)(H,22,23). The normalized spacial score (nSPS) is 10.8. The number of halogens is 2. The molecule has 1 amide bonds. The van der Waals surface area contributed by atoms with Crippen LogP contribution in [0.5, 0.6) is 5.75 Å². The molecule has 3 rings (SSSR count). The van der Waals surface area contributed by atoms with E-state index in [2.05, 4.69) is 47.6 Å². The van der Waals surface area contributed by atoms with Crippen LogP contribution in [0.1, 0.15) is 11.1 Å². The summed E-state index contributed by atoms with van der Waals surface area (Å²) in [4.78, 5) is 16.7. The Kier molecular flexibility index (Phi) is 5.81. The molecule has 0 spiro atoms. The van der Waals surface area contributed by atoms with Gasteiger partial charge in [0.1, 0.15) is 5.75 Å². The van der Waals surface area contributed by atoms with E-state index in [0.29, 0.717) is 16.6 Å². The average Bonchev–Trinajstić information content (AvgIpc) is 2.97. The highest BCUT2D eigenvalue weighted by molar-refractivity contribution is 9.11. The number of thiazole rings is 1. The third-order valence-corrected chi connectivity index (χ3v) is 5.61. The van der Waals surface area contributed by atoms with Crippen LogP contribution in [-0.2, 0) is 4.79 Å². The number of aryl methyl sites for hydroxylation is 2. The van der Waals surface area contributed by atoms with E-state index in [4.69, 9.17) is 10.6 Å². The maximum atomic E-state index is 12.3. The number of carbonyl (C=O) groups excluding carboxylic acids is 1. The number of rotatable bonds is 5. The number of nitrogens with one attached hydrogen (secondary N) is 2. The molecule has 136 valence electrons. The van der Waals surface area contributed by atoms with Gasteiger partial charge in [0.15, 0.2) is 11.7 Å². The molecule has 6 nitrogen and oxygen atoms in total. The molecule has 2 aromatic carbocycles. The number of anilines is 2. The lowest BCUT2D eigenvalue weighted by atomic mass is 10.2. The summed E-state index contributed by atoms with van der Waals surface area (Å²) in [6.45, 7) is 3.78. The van der Waals surface area contributed by atoms with Gasteiger partial charge in [0.05, 0.1) is 14.7 Å². The van der Waals surface area contributed by atoms with Gasteiger partial charge in [-0.15, -0.1) is 0 Å². The van der Waals surface area contributed by atoms with Gasteiger partial charge in [-0.2, -0.15) is 0 Å². The molecule has 1 aromatic heterocycles. The van der Waals surface area contributed by atoms with Gasteiger partial charge >= 0.3 is 0 Å². The van der Waals surface area contributed by atoms with Crippen molar-refractivity contribution in [3.63, 3.8) is 0 Å². The van der Waals surface area contributed by atoms with E-state index in [1.165, 1.54) is 11.3 Å². The summed E-state index contributed by atoms with van der Waals surface area (Å²) >= 11 is 8.30. The second-order valence-corrected chi connectivity index (χ2v) is 8.47. The Bertz CT molecular complexity index is 967. The van der Waals surface area contributed by atoms with Gasteiger partial charge in [0.2, 0.25) is 0 Å². The number of nitrogen functional groups attached to an aromatic ring is 1. The first-order valence-electron chi connectivity index (χ1n) is 7.63. The fourth-order valence-electron chi connectivity index (χ4n) is 2.54. The minimum Gasteiger partial charge on any atom is -0.482 e. The molecule has 0 bridgehead atoms. The number of carbonyl (C=O) groups is 1. The average molecular weight is 500 g/mol. The Morgan fingerprint density at radius 3 is 2.69 bits per heavy atom. The van der Waals surface area contributed by atoms with Crippen molar-refractivity contribution in [3.05, 3.63) is 44.3 Å². The van der Waals surface area contributed by atoms with Crippen LogP contribution < -0.4 is 21.3 Å². The van der Waals surface area contributed by atoms with E-state index >= 15 is 0 Å². The first-order chi connectivity index (χ1) is 12.4. The van der Waals surface area contributed by atoms with Gasteiger partial charge in [-0.1, -0.05) is 27.3 Å². The van der Waals surface area contributed by atoms with E-state index in [0.717, 1.165) is 30.3 Å². The van der Waals surface area contributed by atoms with Crippen LogP contribution >= 0.6 is 43.2 Å². The monoisotopic (exact) mass is 498 g/mol. The number of ether oxygens (including phenoxy) is 1. The summed E-state index contributed by atoms with van der Waals surface area (Å²) in [5.74, 6) is 5.83. The second kappa shape index (κ2) is 7.91. The van der Waals surface area contributed by atoms with Crippen molar-refractivity contribution in [2.24, 2.45) is 5.84 Å². The fourth-order valence-corrected chi connectivity index (χ4v) is 4.98. The van der Waals surface area contributed by atoms with Crippen molar-refractivity contribution < 1.29 is 9.53 Å². The molecule has 0 aliphatic carbocycles. The van der Waals surface area contributed by atoms with Crippen LogP contribution in [-0.4, -0.2) is 17.5 Å². The van der Waals surface area contributed by atoms with Crippen LogP contribution in [0.4, 0.5) is 10.8 Å². The molecule has 3 aromatic rings. The summed E-state index contributed by atoms with van der Waals surface area (Å²) in [5, 5.41) is 3.49. The van der Waals surface area contributed by atoms with E-state index in [1.807, 2.05) is 38.1 Å². The first kappa shape index (κ1) is 19.1. The Hall–Kier alpha value is -1.68. The predicted molar refractivity (Wildman–Crippen MR) is 113 cm³/mol. The largest absolute Gasteiger partial charge is 0.482 e. The SMILES string of the molecule is Cc1cc(Br)cc(Br)c1OCC(=O)Nc1cc(C)c2nc(NN)sc2c1. The number of nitrogens with two attached hydrogens (primary N) is 1. The minimum atomic E-state index is -0.236. The molecule has 0 aliphatic heterocycles. The molecule has 0 saturated carbocycles. The molecule has 0 radical (unpaired) electrons. The van der Waals surface area contributed by atoms with Crippen LogP contribution in [0.2, 0.25) is 0 Å². The number of hydrazine groups is 1. The highest BCUT2D eigenvalue weighted by Gasteiger charge is 2.12. The molecule has 26 heavy (non-hydrogen) atoms. The summed E-state index contributed by atoms with van der Waals surface area (Å²) in [7, 11) is 0. The zero-order valence-electron chi connectivity index (χ0n) is 14.0. The molecule has 0 aliphatic rings. The number of amides is 1. The van der Waals surface area contributed by atoms with Crippen molar-refractivity contribution in [3.8, 4) is 5.75 Å². The molecule has 0 unspecified atom stereocenters. The third-order valence-electron chi connectivity index (χ3n) is 3.63. The van der Waals surface area contributed by atoms with Gasteiger partial charge in [-0.25, -0.2) is 10.8 Å². The van der Waals surface area contributed by atoms with Gasteiger partial charge in [-0.3, -0.25) is 10.2 Å². The lowest BCUT2D eigenvalue weighted by Gasteiger charge is -2.12. The van der Waals surface area contributed by atoms with E-state index in [1.54, 1.807) is 0 Å². The number of aromatic nitrogens is 1. The zero-order valence-corrected chi connectivity index (χ0v) is 18.0. The third kappa shape index (κ3) is 4.17. The summed E-state index contributed by atoms with van der Waals surface area (Å²) < 4.78 is 8.36. The maximum Gasteiger partial charge on any atom is 0.262 e. The minimum absolute atomic E-state index is 0.0869. The van der Waals surface area contributed by atoms with Crippen LogP contribution in [0.15, 0.2) is 33.2 Å². The van der Waals surface area contributed by atoms with Crippen molar-refractivity contribution in [1.29, 1.82) is 0 Å². The quantitative estimate of drug-likeness (QED) is 0.348. The van der Waals surface area contributed by atoms with Crippen molar-refractivity contribution in [1.82, 2.24) is 4.98 Å². The number of fused-ring (bicyclic) bond motifs is 1. The fraction of sp³-hybridized carbons (Fsp3) is 0.176. The molecule has 9 heteroatoms. The van der Waals surface area contributed by atoms with E-state index in [-0.39, 0.29) is 12.5 Å². The topological polar surface area (TPSA) is 89.3 Å². The zero-order chi connectivity index (χ0) is 18.8. The Morgan fingerprint density at radius 2 is 2.00 bits per heavy atom. The van der Waals surface area contributed by atoms with Gasteiger partial charge in [0, 0.05) is 10.2 Å². The summed E-state index contributed by atoms with van der Waals surface area (Å²) in [6, 6.07) is 7.56. The van der Waals surface area contributed by atoms with Gasteiger partial charge in [0.25, 0.3) is 5.91 Å². The van der Waals surface area contributed by atoms with Crippen LogP contribution in [0.3, 0.4) is 0 Å². The smallest absolute Gasteiger partial charge is 0.262 e. The van der Waals surface area contributed by atoms with Gasteiger partial charge < -0.3 is 10.1 Å². The molecular formula is C17H16Br2N4O2S. The maximum absolute atomic E-state index is 12.3. The Morgan fingerprint density at radius 1 is 1.23 bits per heavy atom. The molecule has 0 saturated heterocycles. The molecule has 0 atom stereocenters. The number of nitrogens with zero attached hydrogens (tertiary/aromatic N) is 1. The number of hydrogen-bond acceptors (Lipinski definition) is 6. The van der Waals surface area contributed by atoms with Crippen molar-refractivity contribution >= 4 is 70.1 Å². The lowest BCUT2D eigenvalue weighted by molar-refractivity contribution is -0.118. The summed E-state index contributed by atoms with van der Waals surface area (Å²) in [6.07, 6.45) is 0. The molecular weight excluding hydrogens is 484 g/mol. The number of hydrogen-bond donors (Lipinski definition) is 3.